The second kappa shape index (κ2) is 4.92. The van der Waals surface area contributed by atoms with E-state index >= 15 is 0 Å². The molecule has 0 spiro atoms. The number of halogens is 2. The molecule has 1 aromatic carbocycles. The largest absolute Gasteiger partial charge is 0.464 e. The summed E-state index contributed by atoms with van der Waals surface area (Å²) in [6.45, 7) is 3.87. The lowest BCUT2D eigenvalue weighted by Crippen LogP contribution is -2.06. The zero-order valence-corrected chi connectivity index (χ0v) is 11.2. The molecule has 4 heteroatoms. The Bertz CT molecular complexity index is 524. The Kier molecular flexibility index (Phi) is 3.52. The summed E-state index contributed by atoms with van der Waals surface area (Å²) < 4.78 is 19.5. The molecule has 2 aromatic rings. The second-order valence-electron chi connectivity index (χ2n) is 3.94. The average molecular weight is 298 g/mol. The Morgan fingerprint density at radius 3 is 2.71 bits per heavy atom. The molecule has 2 rings (SSSR count). The van der Waals surface area contributed by atoms with Gasteiger partial charge < -0.3 is 9.73 Å². The molecule has 1 heterocycles. The summed E-state index contributed by atoms with van der Waals surface area (Å²) in [6, 6.07) is 8.36. The first-order chi connectivity index (χ1) is 8.06. The molecule has 0 aliphatic rings. The van der Waals surface area contributed by atoms with Gasteiger partial charge in [-0.1, -0.05) is 0 Å². The number of hydrogen-bond acceptors (Lipinski definition) is 2. The summed E-state index contributed by atoms with van der Waals surface area (Å²) in [5, 5.41) is 3.20. The van der Waals surface area contributed by atoms with Crippen molar-refractivity contribution in [3.63, 3.8) is 0 Å². The monoisotopic (exact) mass is 297 g/mol. The maximum Gasteiger partial charge on any atom is 0.126 e. The van der Waals surface area contributed by atoms with Gasteiger partial charge in [0.05, 0.1) is 11.7 Å². The van der Waals surface area contributed by atoms with Gasteiger partial charge in [-0.15, -0.1) is 0 Å². The molecule has 2 nitrogen and oxygen atoms in total. The van der Waals surface area contributed by atoms with Crippen LogP contribution in [0.1, 0.15) is 24.5 Å². The summed E-state index contributed by atoms with van der Waals surface area (Å²) in [4.78, 5) is 0. The lowest BCUT2D eigenvalue weighted by molar-refractivity contribution is 0.466. The summed E-state index contributed by atoms with van der Waals surface area (Å²) in [5.74, 6) is 1.43. The molecule has 1 aromatic heterocycles. The Morgan fingerprint density at radius 1 is 1.29 bits per heavy atom. The molecule has 0 aliphatic heterocycles. The van der Waals surface area contributed by atoms with E-state index in [4.69, 9.17) is 4.42 Å². The highest BCUT2D eigenvalue weighted by atomic mass is 79.9. The van der Waals surface area contributed by atoms with Crippen molar-refractivity contribution in [2.75, 3.05) is 5.32 Å². The van der Waals surface area contributed by atoms with Crippen molar-refractivity contribution < 1.29 is 8.81 Å². The minimum atomic E-state index is -0.265. The van der Waals surface area contributed by atoms with E-state index in [1.807, 2.05) is 26.0 Å². The van der Waals surface area contributed by atoms with E-state index in [1.54, 1.807) is 6.07 Å². The lowest BCUT2D eigenvalue weighted by atomic mass is 10.2. The quantitative estimate of drug-likeness (QED) is 0.891. The number of anilines is 1. The van der Waals surface area contributed by atoms with Crippen LogP contribution in [0.25, 0.3) is 0 Å². The van der Waals surface area contributed by atoms with Crippen LogP contribution in [0.4, 0.5) is 10.1 Å². The van der Waals surface area contributed by atoms with Crippen LogP contribution in [0.2, 0.25) is 0 Å². The van der Waals surface area contributed by atoms with Gasteiger partial charge in [0.25, 0.3) is 0 Å². The number of furan rings is 1. The molecule has 90 valence electrons. The van der Waals surface area contributed by atoms with Crippen molar-refractivity contribution in [2.24, 2.45) is 0 Å². The van der Waals surface area contributed by atoms with Crippen molar-refractivity contribution in [2.45, 2.75) is 19.9 Å². The number of benzene rings is 1. The minimum absolute atomic E-state index is 0.0122. The molecular weight excluding hydrogens is 285 g/mol. The molecule has 1 N–H and O–H groups in total. The van der Waals surface area contributed by atoms with Crippen molar-refractivity contribution in [3.8, 4) is 0 Å². The molecule has 17 heavy (non-hydrogen) atoms. The zero-order valence-electron chi connectivity index (χ0n) is 9.63. The third kappa shape index (κ3) is 2.88. The molecule has 0 amide bonds. The fraction of sp³-hybridized carbons (Fsp3) is 0.231. The summed E-state index contributed by atoms with van der Waals surface area (Å²) in [6.07, 6.45) is 0. The van der Waals surface area contributed by atoms with Gasteiger partial charge in [0, 0.05) is 4.47 Å². The van der Waals surface area contributed by atoms with E-state index in [0.717, 1.165) is 16.0 Å². The van der Waals surface area contributed by atoms with E-state index in [1.165, 1.54) is 12.1 Å². The third-order valence-electron chi connectivity index (χ3n) is 2.49. The van der Waals surface area contributed by atoms with Gasteiger partial charge >= 0.3 is 0 Å². The van der Waals surface area contributed by atoms with E-state index in [-0.39, 0.29) is 11.9 Å². The van der Waals surface area contributed by atoms with Crippen molar-refractivity contribution in [1.82, 2.24) is 0 Å². The lowest BCUT2D eigenvalue weighted by Gasteiger charge is -2.14. The van der Waals surface area contributed by atoms with E-state index < -0.39 is 0 Å². The van der Waals surface area contributed by atoms with Crippen LogP contribution in [0.5, 0.6) is 0 Å². The maximum atomic E-state index is 13.1. The van der Waals surface area contributed by atoms with Gasteiger partial charge in [0.2, 0.25) is 0 Å². The maximum absolute atomic E-state index is 13.1. The van der Waals surface area contributed by atoms with Gasteiger partial charge in [-0.3, -0.25) is 0 Å². The predicted octanol–water partition coefficient (Wildman–Crippen LogP) is 4.66. The van der Waals surface area contributed by atoms with Crippen molar-refractivity contribution in [1.29, 1.82) is 0 Å². The molecule has 0 radical (unpaired) electrons. The fourth-order valence-electron chi connectivity index (χ4n) is 1.60. The molecule has 0 saturated carbocycles. The Balaban J connectivity index is 2.18. The first kappa shape index (κ1) is 12.2. The highest BCUT2D eigenvalue weighted by molar-refractivity contribution is 9.10. The Labute approximate surface area is 108 Å². The molecule has 0 aliphatic carbocycles. The molecular formula is C13H13BrFNO. The summed E-state index contributed by atoms with van der Waals surface area (Å²) in [5.41, 5.74) is 0.714. The van der Waals surface area contributed by atoms with Crippen LogP contribution in [0, 0.1) is 12.7 Å². The number of rotatable bonds is 3. The topological polar surface area (TPSA) is 25.2 Å². The number of aryl methyl sites for hydroxylation is 1. The van der Waals surface area contributed by atoms with Gasteiger partial charge in [-0.05, 0) is 60.1 Å². The first-order valence-electron chi connectivity index (χ1n) is 5.34. The minimum Gasteiger partial charge on any atom is -0.464 e. The predicted molar refractivity (Wildman–Crippen MR) is 69.6 cm³/mol. The van der Waals surface area contributed by atoms with Crippen LogP contribution in [-0.2, 0) is 0 Å². The molecule has 1 unspecified atom stereocenters. The van der Waals surface area contributed by atoms with Gasteiger partial charge in [-0.25, -0.2) is 4.39 Å². The van der Waals surface area contributed by atoms with Crippen molar-refractivity contribution in [3.05, 3.63) is 52.1 Å². The standard InChI is InChI=1S/C13H13BrFNO/c1-8-3-6-13(17-8)9(2)16-12-7-10(15)4-5-11(12)14/h3-7,9,16H,1-2H3. The van der Waals surface area contributed by atoms with Crippen LogP contribution < -0.4 is 5.32 Å². The molecule has 0 saturated heterocycles. The van der Waals surface area contributed by atoms with E-state index in [0.29, 0.717) is 5.69 Å². The second-order valence-corrected chi connectivity index (χ2v) is 4.79. The molecule has 0 bridgehead atoms. The van der Waals surface area contributed by atoms with Gasteiger partial charge in [0.1, 0.15) is 17.3 Å². The highest BCUT2D eigenvalue weighted by Gasteiger charge is 2.11. The first-order valence-corrected chi connectivity index (χ1v) is 6.13. The van der Waals surface area contributed by atoms with Gasteiger partial charge in [-0.2, -0.15) is 0 Å². The van der Waals surface area contributed by atoms with E-state index in [2.05, 4.69) is 21.2 Å². The smallest absolute Gasteiger partial charge is 0.126 e. The average Bonchev–Trinajstić information content (AvgIpc) is 2.70. The summed E-state index contributed by atoms with van der Waals surface area (Å²) in [7, 11) is 0. The SMILES string of the molecule is Cc1ccc(C(C)Nc2cc(F)ccc2Br)o1. The van der Waals surface area contributed by atoms with E-state index in [9.17, 15) is 4.39 Å². The van der Waals surface area contributed by atoms with Crippen LogP contribution >= 0.6 is 15.9 Å². The normalized spacial score (nSPS) is 12.5. The Hall–Kier alpha value is -1.29. The molecule has 0 fully saturated rings. The van der Waals surface area contributed by atoms with Crippen LogP contribution in [-0.4, -0.2) is 0 Å². The molecule has 1 atom stereocenters. The Morgan fingerprint density at radius 2 is 2.06 bits per heavy atom. The highest BCUT2D eigenvalue weighted by Crippen LogP contribution is 2.27. The zero-order chi connectivity index (χ0) is 12.4. The summed E-state index contributed by atoms with van der Waals surface area (Å²) >= 11 is 3.38. The van der Waals surface area contributed by atoms with Crippen LogP contribution in [0.3, 0.4) is 0 Å². The number of nitrogens with one attached hydrogen (secondary N) is 1. The number of hydrogen-bond donors (Lipinski definition) is 1. The fourth-order valence-corrected chi connectivity index (χ4v) is 1.96. The van der Waals surface area contributed by atoms with Gasteiger partial charge in [0.15, 0.2) is 0 Å². The van der Waals surface area contributed by atoms with Crippen LogP contribution in [0.15, 0.2) is 39.2 Å². The van der Waals surface area contributed by atoms with Crippen molar-refractivity contribution >= 4 is 21.6 Å². The third-order valence-corrected chi connectivity index (χ3v) is 3.18.